The molecule has 1 aliphatic rings. The van der Waals surface area contributed by atoms with Gasteiger partial charge in [0.2, 0.25) is 5.89 Å². The van der Waals surface area contributed by atoms with E-state index in [9.17, 15) is 0 Å². The molecule has 20 heavy (non-hydrogen) atoms. The third kappa shape index (κ3) is 3.18. The molecule has 0 amide bonds. The van der Waals surface area contributed by atoms with Crippen LogP contribution < -0.4 is 5.32 Å². The quantitative estimate of drug-likeness (QED) is 0.819. The summed E-state index contributed by atoms with van der Waals surface area (Å²) in [6, 6.07) is 8.55. The first kappa shape index (κ1) is 14.0. The average Bonchev–Trinajstić information content (AvgIpc) is 2.87. The van der Waals surface area contributed by atoms with Gasteiger partial charge in [-0.1, -0.05) is 17.3 Å². The predicted octanol–water partition coefficient (Wildman–Crippen LogP) is 1.84. The standard InChI is InChI=1S/C14H17IN4O/c1-19-6-5-16-9-12(19)14-17-13(20-18-14)8-10-3-2-4-11(15)7-10/h2-4,7,12,16H,5-6,8-9H2,1H3. The molecular formula is C14H17IN4O. The normalized spacial score (nSPS) is 20.2. The van der Waals surface area contributed by atoms with Gasteiger partial charge >= 0.3 is 0 Å². The molecule has 2 aromatic rings. The first-order valence-corrected chi connectivity index (χ1v) is 7.78. The molecule has 5 nitrogen and oxygen atoms in total. The van der Waals surface area contributed by atoms with Crippen molar-refractivity contribution in [3.63, 3.8) is 0 Å². The average molecular weight is 384 g/mol. The van der Waals surface area contributed by atoms with Crippen LogP contribution in [0, 0.1) is 3.57 Å². The van der Waals surface area contributed by atoms with Gasteiger partial charge in [0.1, 0.15) is 0 Å². The Morgan fingerprint density at radius 3 is 3.20 bits per heavy atom. The number of nitrogens with zero attached hydrogens (tertiary/aromatic N) is 3. The van der Waals surface area contributed by atoms with E-state index in [4.69, 9.17) is 4.52 Å². The molecule has 1 N–H and O–H groups in total. The number of piperazine rings is 1. The fourth-order valence-electron chi connectivity index (χ4n) is 2.39. The summed E-state index contributed by atoms with van der Waals surface area (Å²) in [5, 5.41) is 7.51. The number of nitrogens with one attached hydrogen (secondary N) is 1. The van der Waals surface area contributed by atoms with Crippen molar-refractivity contribution >= 4 is 22.6 Å². The van der Waals surface area contributed by atoms with E-state index < -0.39 is 0 Å². The summed E-state index contributed by atoms with van der Waals surface area (Å²) in [5.41, 5.74) is 1.20. The second kappa shape index (κ2) is 6.19. The molecule has 1 aromatic carbocycles. The molecule has 1 saturated heterocycles. The highest BCUT2D eigenvalue weighted by Crippen LogP contribution is 2.19. The summed E-state index contributed by atoms with van der Waals surface area (Å²) in [6.45, 7) is 2.89. The second-order valence-electron chi connectivity index (χ2n) is 5.05. The van der Waals surface area contributed by atoms with Gasteiger partial charge in [-0.3, -0.25) is 4.90 Å². The Hall–Kier alpha value is -0.990. The predicted molar refractivity (Wildman–Crippen MR) is 84.5 cm³/mol. The molecule has 0 aliphatic carbocycles. The maximum atomic E-state index is 5.39. The zero-order valence-corrected chi connectivity index (χ0v) is 13.5. The fraction of sp³-hybridized carbons (Fsp3) is 0.429. The molecule has 1 fully saturated rings. The number of aromatic nitrogens is 2. The fourth-order valence-corrected chi connectivity index (χ4v) is 3.00. The number of hydrogen-bond donors (Lipinski definition) is 1. The van der Waals surface area contributed by atoms with Crippen LogP contribution in [-0.4, -0.2) is 41.7 Å². The zero-order chi connectivity index (χ0) is 13.9. The summed E-state index contributed by atoms with van der Waals surface area (Å²) in [4.78, 5) is 6.81. The Balaban J connectivity index is 1.73. The minimum atomic E-state index is 0.206. The smallest absolute Gasteiger partial charge is 0.231 e. The van der Waals surface area contributed by atoms with Crippen molar-refractivity contribution in [3.05, 3.63) is 45.1 Å². The van der Waals surface area contributed by atoms with Crippen molar-refractivity contribution < 1.29 is 4.52 Å². The molecule has 1 aromatic heterocycles. The van der Waals surface area contributed by atoms with Crippen molar-refractivity contribution in [2.45, 2.75) is 12.5 Å². The van der Waals surface area contributed by atoms with E-state index in [2.05, 4.69) is 68.2 Å². The van der Waals surface area contributed by atoms with Gasteiger partial charge < -0.3 is 9.84 Å². The molecule has 3 rings (SSSR count). The van der Waals surface area contributed by atoms with Crippen molar-refractivity contribution in [2.24, 2.45) is 0 Å². The van der Waals surface area contributed by atoms with Crippen LogP contribution in [-0.2, 0) is 6.42 Å². The highest BCUT2D eigenvalue weighted by molar-refractivity contribution is 14.1. The van der Waals surface area contributed by atoms with Gasteiger partial charge in [0.15, 0.2) is 5.82 Å². The summed E-state index contributed by atoms with van der Waals surface area (Å²) in [7, 11) is 2.10. The summed E-state index contributed by atoms with van der Waals surface area (Å²) >= 11 is 2.31. The third-order valence-corrected chi connectivity index (χ3v) is 4.21. The number of benzene rings is 1. The lowest BCUT2D eigenvalue weighted by Gasteiger charge is -2.30. The molecule has 1 aliphatic heterocycles. The lowest BCUT2D eigenvalue weighted by atomic mass is 10.1. The minimum Gasteiger partial charge on any atom is -0.339 e. The second-order valence-corrected chi connectivity index (χ2v) is 6.30. The van der Waals surface area contributed by atoms with Crippen molar-refractivity contribution in [1.82, 2.24) is 20.4 Å². The molecular weight excluding hydrogens is 367 g/mol. The Morgan fingerprint density at radius 2 is 2.40 bits per heavy atom. The number of rotatable bonds is 3. The van der Waals surface area contributed by atoms with Crippen molar-refractivity contribution in [2.75, 3.05) is 26.7 Å². The first-order valence-electron chi connectivity index (χ1n) is 6.70. The molecule has 2 heterocycles. The van der Waals surface area contributed by atoms with E-state index in [-0.39, 0.29) is 6.04 Å². The topological polar surface area (TPSA) is 54.2 Å². The largest absolute Gasteiger partial charge is 0.339 e. The van der Waals surface area contributed by atoms with Gasteiger partial charge in [0.05, 0.1) is 12.5 Å². The number of hydrogen-bond acceptors (Lipinski definition) is 5. The molecule has 1 unspecified atom stereocenters. The number of likely N-dealkylation sites (N-methyl/N-ethyl adjacent to an activating group) is 1. The molecule has 0 saturated carbocycles. The van der Waals surface area contributed by atoms with Gasteiger partial charge in [-0.2, -0.15) is 4.98 Å². The van der Waals surface area contributed by atoms with Gasteiger partial charge in [0.25, 0.3) is 0 Å². The molecule has 1 atom stereocenters. The van der Waals surface area contributed by atoms with Gasteiger partial charge in [-0.15, -0.1) is 0 Å². The van der Waals surface area contributed by atoms with Crippen LogP contribution in [0.5, 0.6) is 0 Å². The van der Waals surface area contributed by atoms with Crippen molar-refractivity contribution in [3.8, 4) is 0 Å². The summed E-state index contributed by atoms with van der Waals surface area (Å²) < 4.78 is 6.61. The van der Waals surface area contributed by atoms with Crippen LogP contribution in [0.4, 0.5) is 0 Å². The lowest BCUT2D eigenvalue weighted by molar-refractivity contribution is 0.190. The Labute approximate surface area is 131 Å². The van der Waals surface area contributed by atoms with E-state index in [1.165, 1.54) is 9.13 Å². The van der Waals surface area contributed by atoms with E-state index in [1.807, 2.05) is 6.07 Å². The third-order valence-electron chi connectivity index (χ3n) is 3.54. The molecule has 106 valence electrons. The van der Waals surface area contributed by atoms with Gasteiger partial charge in [-0.05, 0) is 47.3 Å². The van der Waals surface area contributed by atoms with Crippen LogP contribution in [0.2, 0.25) is 0 Å². The van der Waals surface area contributed by atoms with E-state index >= 15 is 0 Å². The molecule has 6 heteroatoms. The summed E-state index contributed by atoms with van der Waals surface area (Å²) in [6.07, 6.45) is 0.688. The summed E-state index contributed by atoms with van der Waals surface area (Å²) in [5.74, 6) is 1.46. The van der Waals surface area contributed by atoms with Crippen molar-refractivity contribution in [1.29, 1.82) is 0 Å². The Kier molecular flexibility index (Phi) is 4.32. The Bertz CT molecular complexity index is 586. The lowest BCUT2D eigenvalue weighted by Crippen LogP contribution is -2.44. The first-order chi connectivity index (χ1) is 9.72. The highest BCUT2D eigenvalue weighted by atomic mass is 127. The van der Waals surface area contributed by atoms with Crippen LogP contribution in [0.25, 0.3) is 0 Å². The highest BCUT2D eigenvalue weighted by Gasteiger charge is 2.25. The monoisotopic (exact) mass is 384 g/mol. The van der Waals surface area contributed by atoms with Crippen LogP contribution >= 0.6 is 22.6 Å². The van der Waals surface area contributed by atoms with Crippen LogP contribution in [0.1, 0.15) is 23.3 Å². The molecule has 0 radical (unpaired) electrons. The SMILES string of the molecule is CN1CCNCC1c1noc(Cc2cccc(I)c2)n1. The Morgan fingerprint density at radius 1 is 1.50 bits per heavy atom. The molecule has 0 bridgehead atoms. The molecule has 0 spiro atoms. The van der Waals surface area contributed by atoms with Gasteiger partial charge in [0, 0.05) is 23.2 Å². The van der Waals surface area contributed by atoms with E-state index in [1.54, 1.807) is 0 Å². The van der Waals surface area contributed by atoms with Gasteiger partial charge in [-0.25, -0.2) is 0 Å². The van der Waals surface area contributed by atoms with E-state index in [0.717, 1.165) is 25.5 Å². The zero-order valence-electron chi connectivity index (χ0n) is 11.3. The minimum absolute atomic E-state index is 0.206. The maximum absolute atomic E-state index is 5.39. The van der Waals surface area contributed by atoms with E-state index in [0.29, 0.717) is 12.3 Å². The maximum Gasteiger partial charge on any atom is 0.231 e. The van der Waals surface area contributed by atoms with Crippen LogP contribution in [0.3, 0.4) is 0 Å². The number of halogens is 1. The van der Waals surface area contributed by atoms with Crippen LogP contribution in [0.15, 0.2) is 28.8 Å².